The fraction of sp³-hybridized carbons (Fsp3) is 0.556. The van der Waals surface area contributed by atoms with Crippen LogP contribution >= 0.6 is 0 Å². The van der Waals surface area contributed by atoms with Gasteiger partial charge in [-0.15, -0.1) is 0 Å². The summed E-state index contributed by atoms with van der Waals surface area (Å²) in [6, 6.07) is 11.7. The van der Waals surface area contributed by atoms with Gasteiger partial charge in [0.2, 0.25) is 5.91 Å². The summed E-state index contributed by atoms with van der Waals surface area (Å²) in [5.41, 5.74) is -0.0265. The van der Waals surface area contributed by atoms with E-state index in [1.807, 2.05) is 56.0 Å². The van der Waals surface area contributed by atoms with Crippen LogP contribution in [0.3, 0.4) is 0 Å². The molecule has 1 amide bonds. The van der Waals surface area contributed by atoms with Gasteiger partial charge in [0.15, 0.2) is 0 Å². The van der Waals surface area contributed by atoms with Crippen molar-refractivity contribution >= 4 is 11.6 Å². The zero-order valence-electron chi connectivity index (χ0n) is 14.4. The summed E-state index contributed by atoms with van der Waals surface area (Å²) in [5.74, 6) is -0.224. The number of hydrogen-bond acceptors (Lipinski definition) is 4. The van der Waals surface area contributed by atoms with Gasteiger partial charge in [0.25, 0.3) is 0 Å². The topological polar surface area (TPSA) is 76.4 Å². The third-order valence-electron chi connectivity index (χ3n) is 4.14. The predicted molar refractivity (Wildman–Crippen MR) is 92.0 cm³/mol. The van der Waals surface area contributed by atoms with E-state index in [0.29, 0.717) is 13.0 Å². The molecule has 0 heterocycles. The molecule has 23 heavy (non-hydrogen) atoms. The van der Waals surface area contributed by atoms with E-state index in [1.54, 1.807) is 6.92 Å². The van der Waals surface area contributed by atoms with E-state index >= 15 is 0 Å². The van der Waals surface area contributed by atoms with Crippen LogP contribution in [0.25, 0.3) is 0 Å². The molecule has 0 saturated heterocycles. The monoisotopic (exact) mass is 317 g/mol. The minimum absolute atomic E-state index is 0.00265. The van der Waals surface area contributed by atoms with Crippen molar-refractivity contribution in [1.82, 2.24) is 5.32 Å². The molecular weight excluding hydrogens is 290 g/mol. The van der Waals surface area contributed by atoms with Crippen molar-refractivity contribution in [3.63, 3.8) is 0 Å². The molecule has 1 aromatic rings. The lowest BCUT2D eigenvalue weighted by Gasteiger charge is -2.31. The fourth-order valence-electron chi connectivity index (χ4n) is 2.09. The molecule has 2 atom stereocenters. The number of carbonyl (C=O) groups excluding carboxylic acids is 1. The molecule has 0 bridgehead atoms. The Labute approximate surface area is 138 Å². The maximum Gasteiger partial charge on any atom is 0.240 e. The van der Waals surface area contributed by atoms with Gasteiger partial charge in [0, 0.05) is 12.2 Å². The molecule has 126 valence electrons. The van der Waals surface area contributed by atoms with Gasteiger partial charge in [0.05, 0.1) is 18.7 Å². The number of anilines is 1. The lowest BCUT2D eigenvalue weighted by molar-refractivity contribution is -0.121. The molecule has 0 aliphatic rings. The number of nitrogens with one attached hydrogen (secondary N) is 1. The molecule has 0 radical (unpaired) electrons. The van der Waals surface area contributed by atoms with Crippen LogP contribution in [0.15, 0.2) is 30.3 Å². The molecule has 5 nitrogen and oxygen atoms in total. The SMILES string of the molecule is CC[C@H](O)CN(CC(=O)N[C@@](C)(C#N)C(C)C)c1ccccc1. The van der Waals surface area contributed by atoms with Crippen LogP contribution in [0, 0.1) is 17.2 Å². The second-order valence-electron chi connectivity index (χ2n) is 6.30. The highest BCUT2D eigenvalue weighted by Crippen LogP contribution is 2.17. The highest BCUT2D eigenvalue weighted by Gasteiger charge is 2.30. The summed E-state index contributed by atoms with van der Waals surface area (Å²) in [4.78, 5) is 14.2. The van der Waals surface area contributed by atoms with Gasteiger partial charge in [-0.2, -0.15) is 5.26 Å². The molecule has 1 aromatic carbocycles. The van der Waals surface area contributed by atoms with Crippen LogP contribution in [0.2, 0.25) is 0 Å². The number of hydrogen-bond donors (Lipinski definition) is 2. The molecule has 0 unspecified atom stereocenters. The average Bonchev–Trinajstić information content (AvgIpc) is 2.54. The largest absolute Gasteiger partial charge is 0.391 e. The van der Waals surface area contributed by atoms with Crippen LogP contribution in [0.5, 0.6) is 0 Å². The van der Waals surface area contributed by atoms with Crippen molar-refractivity contribution in [3.05, 3.63) is 30.3 Å². The summed E-state index contributed by atoms with van der Waals surface area (Å²) >= 11 is 0. The van der Waals surface area contributed by atoms with Crippen molar-refractivity contribution in [2.24, 2.45) is 5.92 Å². The number of carbonyl (C=O) groups is 1. The van der Waals surface area contributed by atoms with Gasteiger partial charge in [-0.3, -0.25) is 4.79 Å². The number of rotatable bonds is 8. The molecule has 1 rings (SSSR count). The van der Waals surface area contributed by atoms with Gasteiger partial charge in [-0.05, 0) is 31.4 Å². The Morgan fingerprint density at radius 2 is 2.00 bits per heavy atom. The van der Waals surface area contributed by atoms with E-state index < -0.39 is 11.6 Å². The number of nitrogens with zero attached hydrogens (tertiary/aromatic N) is 2. The van der Waals surface area contributed by atoms with Crippen molar-refractivity contribution < 1.29 is 9.90 Å². The molecule has 0 spiro atoms. The molecule has 0 aliphatic heterocycles. The van der Waals surface area contributed by atoms with Gasteiger partial charge < -0.3 is 15.3 Å². The first-order chi connectivity index (χ1) is 10.8. The van der Waals surface area contributed by atoms with Crippen LogP contribution in [-0.4, -0.2) is 35.7 Å². The number of benzene rings is 1. The zero-order chi connectivity index (χ0) is 17.5. The molecular formula is C18H27N3O2. The van der Waals surface area contributed by atoms with Gasteiger partial charge in [-0.1, -0.05) is 39.0 Å². The lowest BCUT2D eigenvalue weighted by Crippen LogP contribution is -2.52. The molecule has 0 aromatic heterocycles. The van der Waals surface area contributed by atoms with E-state index in [4.69, 9.17) is 0 Å². The van der Waals surface area contributed by atoms with Crippen molar-refractivity contribution in [3.8, 4) is 6.07 Å². The number of aliphatic hydroxyl groups excluding tert-OH is 1. The maximum absolute atomic E-state index is 12.4. The Morgan fingerprint density at radius 3 is 2.48 bits per heavy atom. The smallest absolute Gasteiger partial charge is 0.240 e. The van der Waals surface area contributed by atoms with Crippen LogP contribution in [-0.2, 0) is 4.79 Å². The van der Waals surface area contributed by atoms with E-state index in [2.05, 4.69) is 11.4 Å². The summed E-state index contributed by atoms with van der Waals surface area (Å²) in [7, 11) is 0. The fourth-order valence-corrected chi connectivity index (χ4v) is 2.09. The molecule has 5 heteroatoms. The first-order valence-electron chi connectivity index (χ1n) is 8.02. The Bertz CT molecular complexity index is 539. The standard InChI is InChI=1S/C18H27N3O2/c1-5-16(22)11-21(15-9-7-6-8-10-15)12-17(23)20-18(4,13-19)14(2)3/h6-10,14,16,22H,5,11-12H2,1-4H3,(H,20,23)/t16-,18-/m0/s1. The minimum Gasteiger partial charge on any atom is -0.391 e. The van der Waals surface area contributed by atoms with Crippen LogP contribution < -0.4 is 10.2 Å². The predicted octanol–water partition coefficient (Wildman–Crippen LogP) is 2.32. The van der Waals surface area contributed by atoms with Gasteiger partial charge in [0.1, 0.15) is 5.54 Å². The van der Waals surface area contributed by atoms with E-state index in [9.17, 15) is 15.2 Å². The third-order valence-corrected chi connectivity index (χ3v) is 4.14. The number of amides is 1. The third kappa shape index (κ3) is 5.57. The lowest BCUT2D eigenvalue weighted by atomic mass is 9.90. The maximum atomic E-state index is 12.4. The summed E-state index contributed by atoms with van der Waals surface area (Å²) in [5, 5.41) is 22.1. The molecule has 2 N–H and O–H groups in total. The Morgan fingerprint density at radius 1 is 1.39 bits per heavy atom. The molecule has 0 saturated carbocycles. The Kier molecular flexibility index (Phi) is 7.05. The van der Waals surface area contributed by atoms with E-state index in [0.717, 1.165) is 5.69 Å². The highest BCUT2D eigenvalue weighted by atomic mass is 16.3. The Hall–Kier alpha value is -2.06. The van der Waals surface area contributed by atoms with E-state index in [1.165, 1.54) is 0 Å². The number of para-hydroxylation sites is 1. The normalized spacial score (nSPS) is 14.7. The number of aliphatic hydroxyl groups is 1. The Balaban J connectivity index is 2.85. The van der Waals surface area contributed by atoms with Crippen molar-refractivity contribution in [1.29, 1.82) is 5.26 Å². The molecule has 0 fully saturated rings. The van der Waals surface area contributed by atoms with Crippen molar-refractivity contribution in [2.75, 3.05) is 18.0 Å². The van der Waals surface area contributed by atoms with Crippen LogP contribution in [0.4, 0.5) is 5.69 Å². The quantitative estimate of drug-likeness (QED) is 0.771. The first-order valence-corrected chi connectivity index (χ1v) is 8.02. The molecule has 0 aliphatic carbocycles. The van der Waals surface area contributed by atoms with Gasteiger partial charge >= 0.3 is 0 Å². The zero-order valence-corrected chi connectivity index (χ0v) is 14.4. The van der Waals surface area contributed by atoms with Crippen LogP contribution in [0.1, 0.15) is 34.1 Å². The summed E-state index contributed by atoms with van der Waals surface area (Å²) < 4.78 is 0. The second-order valence-corrected chi connectivity index (χ2v) is 6.30. The number of nitriles is 1. The first kappa shape index (κ1) is 19.0. The second kappa shape index (κ2) is 8.54. The minimum atomic E-state index is -0.900. The summed E-state index contributed by atoms with van der Waals surface area (Å²) in [6.07, 6.45) is 0.114. The van der Waals surface area contributed by atoms with E-state index in [-0.39, 0.29) is 18.4 Å². The van der Waals surface area contributed by atoms with Gasteiger partial charge in [-0.25, -0.2) is 0 Å². The van der Waals surface area contributed by atoms with Crippen molar-refractivity contribution in [2.45, 2.75) is 45.8 Å². The average molecular weight is 317 g/mol. The summed E-state index contributed by atoms with van der Waals surface area (Å²) in [6.45, 7) is 7.91. The highest BCUT2D eigenvalue weighted by molar-refractivity contribution is 5.82.